The van der Waals surface area contributed by atoms with E-state index in [9.17, 15) is 31.2 Å². The molecule has 0 aliphatic heterocycles. The van der Waals surface area contributed by atoms with Crippen LogP contribution < -0.4 is 9.62 Å². The van der Waals surface area contributed by atoms with Crippen LogP contribution in [-0.4, -0.2) is 50.0 Å². The number of carbonyl (C=O) groups excluding carboxylic acids is 2. The zero-order chi connectivity index (χ0) is 31.1. The molecule has 232 valence electrons. The molecule has 0 heterocycles. The van der Waals surface area contributed by atoms with Gasteiger partial charge in [-0.3, -0.25) is 13.9 Å². The maximum Gasteiger partial charge on any atom is 0.416 e. The first kappa shape index (κ1) is 34.0. The maximum absolute atomic E-state index is 13.6. The van der Waals surface area contributed by atoms with Crippen molar-refractivity contribution in [2.45, 2.75) is 83.1 Å². The van der Waals surface area contributed by atoms with E-state index < -0.39 is 33.7 Å². The highest BCUT2D eigenvalue weighted by molar-refractivity contribution is 7.92. The summed E-state index contributed by atoms with van der Waals surface area (Å²) in [5, 5.41) is 3.73. The molecule has 0 saturated heterocycles. The molecule has 0 bridgehead atoms. The van der Waals surface area contributed by atoms with Crippen LogP contribution in [0.5, 0.6) is 0 Å². The third-order valence-corrected chi connectivity index (χ3v) is 9.22. The summed E-state index contributed by atoms with van der Waals surface area (Å²) >= 11 is 12.2. The van der Waals surface area contributed by atoms with Gasteiger partial charge in [0.2, 0.25) is 21.8 Å². The van der Waals surface area contributed by atoms with E-state index in [0.29, 0.717) is 22.0 Å². The van der Waals surface area contributed by atoms with E-state index in [4.69, 9.17) is 23.2 Å². The number of hydrogen-bond donors (Lipinski definition) is 1. The Labute approximate surface area is 255 Å². The molecule has 1 aliphatic rings. The number of nitrogens with one attached hydrogen (secondary N) is 1. The first-order chi connectivity index (χ1) is 19.7. The Balaban J connectivity index is 1.80. The van der Waals surface area contributed by atoms with Gasteiger partial charge in [-0.2, -0.15) is 13.2 Å². The molecule has 13 heteroatoms. The van der Waals surface area contributed by atoms with Crippen LogP contribution in [0.4, 0.5) is 18.9 Å². The Bertz CT molecular complexity index is 1350. The summed E-state index contributed by atoms with van der Waals surface area (Å²) in [6.07, 6.45) is 1.39. The predicted molar refractivity (Wildman–Crippen MR) is 159 cm³/mol. The van der Waals surface area contributed by atoms with Gasteiger partial charge in [-0.15, -0.1) is 0 Å². The van der Waals surface area contributed by atoms with Crippen LogP contribution in [0.1, 0.15) is 69.4 Å². The number of carbonyl (C=O) groups is 2. The second kappa shape index (κ2) is 14.8. The summed E-state index contributed by atoms with van der Waals surface area (Å²) in [5.41, 5.74) is -0.471. The number of sulfonamides is 1. The van der Waals surface area contributed by atoms with Gasteiger partial charge in [0.05, 0.1) is 27.6 Å². The van der Waals surface area contributed by atoms with E-state index in [1.54, 1.807) is 25.1 Å². The highest BCUT2D eigenvalue weighted by atomic mass is 35.5. The van der Waals surface area contributed by atoms with Crippen LogP contribution in [0.3, 0.4) is 0 Å². The molecule has 0 unspecified atom stereocenters. The van der Waals surface area contributed by atoms with Crippen LogP contribution in [0.25, 0.3) is 0 Å². The Morgan fingerprint density at radius 2 is 1.74 bits per heavy atom. The minimum atomic E-state index is -4.65. The Hall–Kier alpha value is -2.50. The van der Waals surface area contributed by atoms with Gasteiger partial charge in [0.1, 0.15) is 6.04 Å². The smallest absolute Gasteiger partial charge is 0.352 e. The van der Waals surface area contributed by atoms with Gasteiger partial charge >= 0.3 is 6.18 Å². The average molecular weight is 651 g/mol. The molecule has 0 radical (unpaired) electrons. The summed E-state index contributed by atoms with van der Waals surface area (Å²) in [7, 11) is -3.96. The molecule has 3 rings (SSSR count). The highest BCUT2D eigenvalue weighted by Crippen LogP contribution is 2.32. The normalized spacial score (nSPS) is 15.2. The van der Waals surface area contributed by atoms with Crippen LogP contribution >= 0.6 is 23.2 Å². The maximum atomic E-state index is 13.6. The molecule has 42 heavy (non-hydrogen) atoms. The zero-order valence-corrected chi connectivity index (χ0v) is 25.9. The van der Waals surface area contributed by atoms with Crippen LogP contribution in [0.2, 0.25) is 10.0 Å². The summed E-state index contributed by atoms with van der Waals surface area (Å²) in [6.45, 7) is 1.65. The number of hydrogen-bond acceptors (Lipinski definition) is 4. The average Bonchev–Trinajstić information content (AvgIpc) is 2.92. The fourth-order valence-corrected chi connectivity index (χ4v) is 6.42. The topological polar surface area (TPSA) is 86.8 Å². The molecule has 0 aromatic heterocycles. The van der Waals surface area contributed by atoms with E-state index in [-0.39, 0.29) is 43.6 Å². The Kier molecular flexibility index (Phi) is 12.0. The first-order valence-corrected chi connectivity index (χ1v) is 16.5. The lowest BCUT2D eigenvalue weighted by Gasteiger charge is -2.33. The van der Waals surface area contributed by atoms with E-state index in [2.05, 4.69) is 5.32 Å². The minimum Gasteiger partial charge on any atom is -0.352 e. The molecule has 0 spiro atoms. The van der Waals surface area contributed by atoms with Gasteiger partial charge in [0.25, 0.3) is 0 Å². The monoisotopic (exact) mass is 649 g/mol. The van der Waals surface area contributed by atoms with Crippen molar-refractivity contribution in [3.63, 3.8) is 0 Å². The quantitative estimate of drug-likeness (QED) is 0.274. The fourth-order valence-electron chi connectivity index (χ4n) is 5.14. The molecular weight excluding hydrogens is 614 g/mol. The lowest BCUT2D eigenvalue weighted by Crippen LogP contribution is -2.51. The summed E-state index contributed by atoms with van der Waals surface area (Å²) < 4.78 is 65.6. The van der Waals surface area contributed by atoms with E-state index in [0.717, 1.165) is 60.9 Å². The molecule has 7 nitrogen and oxygen atoms in total. The number of nitrogens with zero attached hydrogens (tertiary/aromatic N) is 2. The number of halogens is 5. The SMILES string of the molecule is CC[C@@H](C(=O)NC1CCCCC1)N(Cc1ccc(Cl)c(Cl)c1)C(=O)CCCN(c1cccc(C(F)(F)F)c1)S(C)(=O)=O. The fraction of sp³-hybridized carbons (Fsp3) is 0.517. The molecule has 2 aromatic rings. The highest BCUT2D eigenvalue weighted by Gasteiger charge is 2.33. The van der Waals surface area contributed by atoms with Crippen LogP contribution in [0, 0.1) is 0 Å². The van der Waals surface area contributed by atoms with E-state index in [1.807, 2.05) is 0 Å². The number of anilines is 1. The molecule has 1 N–H and O–H groups in total. The number of alkyl halides is 3. The van der Waals surface area contributed by atoms with Crippen LogP contribution in [-0.2, 0) is 32.3 Å². The van der Waals surface area contributed by atoms with E-state index in [1.165, 1.54) is 11.0 Å². The molecule has 2 amide bonds. The van der Waals surface area contributed by atoms with Gasteiger partial charge in [-0.1, -0.05) is 61.5 Å². The van der Waals surface area contributed by atoms with Crippen molar-refractivity contribution in [3.05, 3.63) is 63.6 Å². The van der Waals surface area contributed by atoms with Crippen molar-refractivity contribution in [2.24, 2.45) is 0 Å². The largest absolute Gasteiger partial charge is 0.416 e. The van der Waals surface area contributed by atoms with Crippen molar-refractivity contribution < 1.29 is 31.2 Å². The summed E-state index contributed by atoms with van der Waals surface area (Å²) in [5.74, 6) is -0.663. The first-order valence-electron chi connectivity index (χ1n) is 13.9. The van der Waals surface area contributed by atoms with Crippen molar-refractivity contribution in [1.82, 2.24) is 10.2 Å². The van der Waals surface area contributed by atoms with Crippen molar-refractivity contribution in [2.75, 3.05) is 17.1 Å². The van der Waals surface area contributed by atoms with E-state index >= 15 is 0 Å². The van der Waals surface area contributed by atoms with Gasteiger partial charge in [0, 0.05) is 25.6 Å². The lowest BCUT2D eigenvalue weighted by molar-refractivity contribution is -0.141. The predicted octanol–water partition coefficient (Wildman–Crippen LogP) is 6.81. The Morgan fingerprint density at radius 1 is 1.05 bits per heavy atom. The molecule has 2 aromatic carbocycles. The molecule has 1 aliphatic carbocycles. The van der Waals surface area contributed by atoms with Crippen molar-refractivity contribution in [3.8, 4) is 0 Å². The van der Waals surface area contributed by atoms with Gasteiger partial charge in [-0.05, 0) is 61.6 Å². The molecule has 1 atom stereocenters. The Morgan fingerprint density at radius 3 is 2.33 bits per heavy atom. The van der Waals surface area contributed by atoms with Gasteiger partial charge in [-0.25, -0.2) is 8.42 Å². The van der Waals surface area contributed by atoms with Gasteiger partial charge in [0.15, 0.2) is 0 Å². The number of amides is 2. The minimum absolute atomic E-state index is 0.0146. The van der Waals surface area contributed by atoms with Gasteiger partial charge < -0.3 is 10.2 Å². The second-order valence-electron chi connectivity index (χ2n) is 10.5. The summed E-state index contributed by atoms with van der Waals surface area (Å²) in [6, 6.07) is 8.22. The zero-order valence-electron chi connectivity index (χ0n) is 23.6. The van der Waals surface area contributed by atoms with Crippen LogP contribution in [0.15, 0.2) is 42.5 Å². The third kappa shape index (κ3) is 9.50. The van der Waals surface area contributed by atoms with Crippen molar-refractivity contribution >= 4 is 50.7 Å². The van der Waals surface area contributed by atoms with Crippen molar-refractivity contribution in [1.29, 1.82) is 0 Å². The molecule has 1 saturated carbocycles. The number of rotatable bonds is 12. The lowest BCUT2D eigenvalue weighted by atomic mass is 9.95. The number of benzene rings is 2. The standard InChI is InChI=1S/C29H36Cl2F3N3O4S/c1-3-26(28(39)35-22-10-5-4-6-11-22)36(19-20-14-15-24(30)25(31)17-20)27(38)13-8-16-37(42(2,40)41)23-12-7-9-21(18-23)29(32,33)34/h7,9,12,14-15,17-18,22,26H,3-6,8,10-11,13,16,19H2,1-2H3,(H,35,39)/t26-/m0/s1. The molecule has 1 fully saturated rings. The summed E-state index contributed by atoms with van der Waals surface area (Å²) in [4.78, 5) is 28.5. The molecular formula is C29H36Cl2F3N3O4S. The third-order valence-electron chi connectivity index (χ3n) is 7.29. The second-order valence-corrected chi connectivity index (χ2v) is 13.2.